The normalized spacial score (nSPS) is 33.1. The molecule has 2 N–H and O–H groups in total. The number of hydrogen-bond acceptors (Lipinski definition) is 11. The molecule has 4 aromatic rings. The SMILES string of the molecule is CCC12C(=O)C34C5C[C@H](Cc6ccc(Cl)cc6)N(C)C3[C@@H](COC)NC4[C@H](C)N(Cc3c(OCC(F)(F)F)cc(Cl)cc3Oc3ccc(-c4cnc(CN6CCCC6)n4C)cc3)C1C[C@@H](C)C2N(C)[C@@H](C)CN5. The van der Waals surface area contributed by atoms with Crippen molar-refractivity contribution in [1.82, 2.24) is 39.8 Å². The van der Waals surface area contributed by atoms with E-state index in [1.165, 1.54) is 24.5 Å². The van der Waals surface area contributed by atoms with E-state index in [-0.39, 0.29) is 89.1 Å². The van der Waals surface area contributed by atoms with Gasteiger partial charge in [0, 0.05) is 103 Å². The quantitative estimate of drug-likeness (QED) is 0.127. The molecule has 1 spiro atoms. The predicted molar refractivity (Wildman–Crippen MR) is 279 cm³/mol. The summed E-state index contributed by atoms with van der Waals surface area (Å²) in [4.78, 5) is 31.7. The van der Waals surface area contributed by atoms with E-state index in [1.807, 2.05) is 49.6 Å². The molecule has 6 heterocycles. The van der Waals surface area contributed by atoms with Crippen LogP contribution in [-0.4, -0.2) is 150 Å². The van der Waals surface area contributed by atoms with Gasteiger partial charge in [0.2, 0.25) is 0 Å². The van der Waals surface area contributed by atoms with E-state index >= 15 is 4.79 Å². The Balaban J connectivity index is 1.08. The molecule has 6 fully saturated rings. The zero-order valence-electron chi connectivity index (χ0n) is 43.5. The lowest BCUT2D eigenvalue weighted by molar-refractivity contribution is -0.155. The third kappa shape index (κ3) is 9.32. The van der Waals surface area contributed by atoms with Crippen molar-refractivity contribution in [2.45, 2.75) is 140 Å². The van der Waals surface area contributed by atoms with Gasteiger partial charge in [-0.25, -0.2) is 4.98 Å². The molecule has 5 saturated heterocycles. The molecule has 7 unspecified atom stereocenters. The summed E-state index contributed by atoms with van der Waals surface area (Å²) in [5.74, 6) is 2.13. The Morgan fingerprint density at radius 3 is 2.29 bits per heavy atom. The summed E-state index contributed by atoms with van der Waals surface area (Å²) in [5.41, 5.74) is 1.72. The van der Waals surface area contributed by atoms with E-state index in [0.29, 0.717) is 42.3 Å². The van der Waals surface area contributed by atoms with Crippen molar-refractivity contribution in [2.24, 2.45) is 23.8 Å². The Bertz CT molecular complexity index is 2620. The van der Waals surface area contributed by atoms with Gasteiger partial charge < -0.3 is 29.4 Å². The first-order valence-corrected chi connectivity index (χ1v) is 27.2. The van der Waals surface area contributed by atoms with Crippen molar-refractivity contribution in [2.75, 3.05) is 54.1 Å². The number of piperidine rings is 1. The second-order valence-electron chi connectivity index (χ2n) is 22.3. The molecule has 1 saturated carbocycles. The van der Waals surface area contributed by atoms with Gasteiger partial charge in [0.25, 0.3) is 0 Å². The van der Waals surface area contributed by atoms with Gasteiger partial charge in [-0.3, -0.25) is 24.4 Å². The molecule has 1 aromatic heterocycles. The van der Waals surface area contributed by atoms with Crippen molar-refractivity contribution in [1.29, 1.82) is 0 Å². The number of rotatable bonds is 14. The van der Waals surface area contributed by atoms with Crippen molar-refractivity contribution in [3.05, 3.63) is 93.9 Å². The van der Waals surface area contributed by atoms with Crippen LogP contribution in [0.5, 0.6) is 17.2 Å². The number of imidazole rings is 1. The molecule has 12 atom stereocenters. The van der Waals surface area contributed by atoms with Gasteiger partial charge in [0.15, 0.2) is 12.4 Å². The maximum Gasteiger partial charge on any atom is 0.422 e. The lowest BCUT2D eigenvalue weighted by atomic mass is 9.54. The number of methoxy groups -OCH3 is 1. The fourth-order valence-electron chi connectivity index (χ4n) is 15.0. The van der Waals surface area contributed by atoms with Gasteiger partial charge in [-0.2, -0.15) is 13.2 Å². The molecule has 5 aliphatic heterocycles. The van der Waals surface area contributed by atoms with Crippen LogP contribution in [0.2, 0.25) is 10.0 Å². The molecule has 396 valence electrons. The van der Waals surface area contributed by atoms with Crippen LogP contribution in [0.15, 0.2) is 66.9 Å². The van der Waals surface area contributed by atoms with E-state index in [4.69, 9.17) is 42.4 Å². The number of aromatic nitrogens is 2. The maximum absolute atomic E-state index is 17.2. The highest BCUT2D eigenvalue weighted by Crippen LogP contribution is 2.62. The topological polar surface area (TPSA) is 99.6 Å². The predicted octanol–water partition coefficient (Wildman–Crippen LogP) is 9.25. The highest BCUT2D eigenvalue weighted by atomic mass is 35.5. The molecule has 0 amide bonds. The molecule has 2 bridgehead atoms. The fourth-order valence-corrected chi connectivity index (χ4v) is 15.3. The summed E-state index contributed by atoms with van der Waals surface area (Å²) < 4.78 is 63.3. The zero-order chi connectivity index (χ0) is 51.7. The molecular formula is C56H73Cl2F3N8O4. The highest BCUT2D eigenvalue weighted by Gasteiger charge is 2.77. The standard InChI is InChI=1S/C56H73Cl2F3N8O4/c1-9-54-48-22-33(2)51(54)65(5)34(3)27-62-47-26-40(23-36-12-16-38(57)17-13-36)66(6)52-43(31-71-8)64-50(56(47,52)53(54)70)35(4)69(48)29-42-45(72-32-55(59,60)61)24-39(58)25-46(42)73-41-18-14-37(15-19-41)44-28-63-49(67(44)7)30-68-20-10-11-21-68/h12-19,24-25,28,33-35,40,43,47-48,50-52,62,64H,9-11,20-23,26-27,29-32H2,1-8H3/t33-,34+,35+,40+,43-,47?,48?,50?,51?,52?,54?,56?/m1/s1. The van der Waals surface area contributed by atoms with Crippen LogP contribution >= 0.6 is 23.2 Å². The van der Waals surface area contributed by atoms with E-state index in [9.17, 15) is 13.2 Å². The number of nitrogens with one attached hydrogen (secondary N) is 2. The Morgan fingerprint density at radius 2 is 1.60 bits per heavy atom. The largest absolute Gasteiger partial charge is 0.484 e. The molecule has 3 aromatic carbocycles. The van der Waals surface area contributed by atoms with E-state index in [2.05, 4.69) is 88.7 Å². The lowest BCUT2D eigenvalue weighted by Crippen LogP contribution is -2.73. The maximum atomic E-state index is 17.2. The number of Topliss-reactive ketones (excluding diaryl/α,β-unsaturated/α-hetero) is 1. The lowest BCUT2D eigenvalue weighted by Gasteiger charge is -2.57. The summed E-state index contributed by atoms with van der Waals surface area (Å²) in [6.45, 7) is 11.6. The second-order valence-corrected chi connectivity index (χ2v) is 23.1. The van der Waals surface area contributed by atoms with Crippen molar-refractivity contribution in [3.63, 3.8) is 0 Å². The number of ketones is 1. The van der Waals surface area contributed by atoms with Crippen LogP contribution in [0.3, 0.4) is 0 Å². The number of carbonyl (C=O) groups excluding carboxylic acids is 1. The number of alkyl halides is 3. The fraction of sp³-hybridized carbons (Fsp3) is 0.607. The number of likely N-dealkylation sites (tertiary alicyclic amines) is 3. The number of hydrogen-bond donors (Lipinski definition) is 2. The first kappa shape index (κ1) is 52.7. The first-order valence-electron chi connectivity index (χ1n) is 26.4. The smallest absolute Gasteiger partial charge is 0.422 e. The minimum Gasteiger partial charge on any atom is -0.484 e. The Labute approximate surface area is 439 Å². The van der Waals surface area contributed by atoms with Crippen molar-refractivity contribution in [3.8, 4) is 28.5 Å². The number of nitrogens with zero attached hydrogens (tertiary/aromatic N) is 6. The average Bonchev–Trinajstić information content (AvgIpc) is 4.15. The van der Waals surface area contributed by atoms with Gasteiger partial charge in [-0.1, -0.05) is 49.2 Å². The number of likely N-dealkylation sites (N-methyl/N-ethyl adjacent to an activating group) is 2. The van der Waals surface area contributed by atoms with Gasteiger partial charge >= 0.3 is 6.18 Å². The zero-order valence-corrected chi connectivity index (χ0v) is 45.0. The molecule has 73 heavy (non-hydrogen) atoms. The van der Waals surface area contributed by atoms with E-state index < -0.39 is 23.6 Å². The van der Waals surface area contributed by atoms with Gasteiger partial charge in [-0.15, -0.1) is 0 Å². The molecule has 17 heteroatoms. The van der Waals surface area contributed by atoms with E-state index in [0.717, 1.165) is 49.6 Å². The van der Waals surface area contributed by atoms with Crippen LogP contribution in [0, 0.1) is 16.7 Å². The van der Waals surface area contributed by atoms with Crippen molar-refractivity contribution < 1.29 is 32.2 Å². The Hall–Kier alpha value is -3.77. The van der Waals surface area contributed by atoms with Gasteiger partial charge in [-0.05, 0) is 134 Å². The van der Waals surface area contributed by atoms with E-state index in [1.54, 1.807) is 13.2 Å². The number of halogens is 5. The van der Waals surface area contributed by atoms with Crippen LogP contribution in [0.25, 0.3) is 11.3 Å². The molecule has 0 radical (unpaired) electrons. The summed E-state index contributed by atoms with van der Waals surface area (Å²) in [7, 11) is 8.12. The highest BCUT2D eigenvalue weighted by molar-refractivity contribution is 6.31. The Morgan fingerprint density at radius 1 is 0.890 bits per heavy atom. The molecule has 1 aliphatic carbocycles. The van der Waals surface area contributed by atoms with Crippen LogP contribution in [-0.2, 0) is 36.1 Å². The average molecular weight is 1050 g/mol. The van der Waals surface area contributed by atoms with Crippen LogP contribution < -0.4 is 20.1 Å². The third-order valence-corrected chi connectivity index (χ3v) is 18.8. The van der Waals surface area contributed by atoms with Crippen molar-refractivity contribution >= 4 is 29.0 Å². The molecule has 6 aliphatic rings. The number of ether oxygens (including phenoxy) is 3. The summed E-state index contributed by atoms with van der Waals surface area (Å²) >= 11 is 13.2. The Kier molecular flexibility index (Phi) is 14.9. The number of benzene rings is 3. The van der Waals surface area contributed by atoms with Crippen LogP contribution in [0.4, 0.5) is 13.2 Å². The number of carbonyl (C=O) groups is 1. The van der Waals surface area contributed by atoms with Crippen LogP contribution in [0.1, 0.15) is 76.8 Å². The summed E-state index contributed by atoms with van der Waals surface area (Å²) in [6, 6.07) is 17.3. The summed E-state index contributed by atoms with van der Waals surface area (Å²) in [6.07, 6.45) is 2.49. The molecule has 12 nitrogen and oxygen atoms in total. The molecule has 10 rings (SSSR count). The van der Waals surface area contributed by atoms with Gasteiger partial charge in [0.1, 0.15) is 23.1 Å². The minimum atomic E-state index is -4.62. The second kappa shape index (κ2) is 20.6. The van der Waals surface area contributed by atoms with Gasteiger partial charge in [0.05, 0.1) is 41.4 Å². The minimum absolute atomic E-state index is 0.0117. The first-order chi connectivity index (χ1) is 34.9. The molecular weight excluding hydrogens is 977 g/mol. The third-order valence-electron chi connectivity index (χ3n) is 18.4. The monoisotopic (exact) mass is 1050 g/mol. The summed E-state index contributed by atoms with van der Waals surface area (Å²) in [5, 5.41) is 9.06.